The van der Waals surface area contributed by atoms with Crippen LogP contribution in [0.2, 0.25) is 0 Å². The number of carbonyl (C=O) groups excluding carboxylic acids is 2. The van der Waals surface area contributed by atoms with Crippen LogP contribution in [-0.2, 0) is 27.6 Å². The molecule has 0 saturated heterocycles. The third kappa shape index (κ3) is 7.96. The van der Waals surface area contributed by atoms with E-state index in [9.17, 15) is 31.2 Å². The first-order valence-electron chi connectivity index (χ1n) is 11.9. The summed E-state index contributed by atoms with van der Waals surface area (Å²) in [5, 5.41) is 2.75. The van der Waals surface area contributed by atoms with E-state index in [2.05, 4.69) is 5.32 Å². The molecule has 39 heavy (non-hydrogen) atoms. The number of carbonyl (C=O) groups is 2. The summed E-state index contributed by atoms with van der Waals surface area (Å²) in [5.74, 6) is -0.597. The molecule has 12 heteroatoms. The van der Waals surface area contributed by atoms with Crippen molar-refractivity contribution in [1.82, 2.24) is 4.90 Å². The highest BCUT2D eigenvalue weighted by atomic mass is 32.2. The Balaban J connectivity index is 1.73. The molecule has 2 amide bonds. The minimum atomic E-state index is -4.71. The summed E-state index contributed by atoms with van der Waals surface area (Å²) in [6.07, 6.45) is -4.71. The lowest BCUT2D eigenvalue weighted by molar-refractivity contribution is -0.137. The van der Waals surface area contributed by atoms with Gasteiger partial charge >= 0.3 is 28.3 Å². The number of hydrogen-bond acceptors (Lipinski definition) is 6. The van der Waals surface area contributed by atoms with Gasteiger partial charge in [-0.15, -0.1) is 0 Å². The first-order valence-corrected chi connectivity index (χ1v) is 13.3. The first-order chi connectivity index (χ1) is 18.3. The normalized spacial score (nSPS) is 11.7. The summed E-state index contributed by atoms with van der Waals surface area (Å²) in [6, 6.07) is 14.6. The number of benzene rings is 3. The molecule has 0 saturated carbocycles. The number of nitrogens with zero attached hydrogens (tertiary/aromatic N) is 1. The largest absolute Gasteiger partial charge is 0.462 e. The molecule has 3 aromatic carbocycles. The van der Waals surface area contributed by atoms with E-state index in [1.807, 2.05) is 0 Å². The van der Waals surface area contributed by atoms with Crippen LogP contribution in [0.15, 0.2) is 77.7 Å². The molecular formula is C27H27F3N2O6S. The fourth-order valence-corrected chi connectivity index (χ4v) is 4.45. The van der Waals surface area contributed by atoms with E-state index in [1.54, 1.807) is 39.0 Å². The number of nitrogens with one attached hydrogen (secondary N) is 1. The van der Waals surface area contributed by atoms with Gasteiger partial charge in [0.15, 0.2) is 0 Å². The van der Waals surface area contributed by atoms with Gasteiger partial charge in [0.05, 0.1) is 17.7 Å². The number of esters is 1. The Morgan fingerprint density at radius 1 is 0.974 bits per heavy atom. The lowest BCUT2D eigenvalue weighted by Gasteiger charge is -2.27. The van der Waals surface area contributed by atoms with Crippen LogP contribution < -0.4 is 9.50 Å². The standard InChI is InChI=1S/C27H27F3N2O6S/c1-4-37-25(33)20-11-13-22(14-12-20)31-26(34)32(18(2)3)17-19-7-5-9-23(15-19)38-39(35,36)24-10-6-8-21(16-24)27(28,29)30/h5-16,18H,4,17H2,1-3H3,(H,31,34). The predicted octanol–water partition coefficient (Wildman–Crippen LogP) is 6.09. The van der Waals surface area contributed by atoms with E-state index >= 15 is 0 Å². The van der Waals surface area contributed by atoms with Crippen LogP contribution in [0.1, 0.15) is 42.3 Å². The molecular weight excluding hydrogens is 537 g/mol. The van der Waals surface area contributed by atoms with Crippen LogP contribution >= 0.6 is 0 Å². The van der Waals surface area contributed by atoms with Gasteiger partial charge in [0.2, 0.25) is 0 Å². The highest BCUT2D eigenvalue weighted by molar-refractivity contribution is 7.87. The molecule has 0 heterocycles. The van der Waals surface area contributed by atoms with E-state index < -0.39 is 38.8 Å². The van der Waals surface area contributed by atoms with Gasteiger partial charge in [0.25, 0.3) is 0 Å². The number of alkyl halides is 3. The molecule has 0 aliphatic rings. The Morgan fingerprint density at radius 2 is 1.64 bits per heavy atom. The maximum atomic E-state index is 13.0. The van der Waals surface area contributed by atoms with Crippen molar-refractivity contribution < 1.29 is 40.1 Å². The van der Waals surface area contributed by atoms with E-state index in [-0.39, 0.29) is 24.9 Å². The Labute approximate surface area is 224 Å². The third-order valence-corrected chi connectivity index (χ3v) is 6.68. The van der Waals surface area contributed by atoms with E-state index in [0.717, 1.165) is 18.2 Å². The van der Waals surface area contributed by atoms with Crippen LogP contribution in [-0.4, -0.2) is 38.0 Å². The van der Waals surface area contributed by atoms with Gasteiger partial charge in [-0.2, -0.15) is 21.6 Å². The lowest BCUT2D eigenvalue weighted by Crippen LogP contribution is -2.39. The monoisotopic (exact) mass is 564 g/mol. The van der Waals surface area contributed by atoms with Gasteiger partial charge in [0, 0.05) is 18.3 Å². The quantitative estimate of drug-likeness (QED) is 0.249. The molecule has 8 nitrogen and oxygen atoms in total. The van der Waals surface area contributed by atoms with Crippen molar-refractivity contribution >= 4 is 27.8 Å². The van der Waals surface area contributed by atoms with Crippen LogP contribution in [0.3, 0.4) is 0 Å². The fourth-order valence-electron chi connectivity index (χ4n) is 3.48. The molecule has 0 bridgehead atoms. The van der Waals surface area contributed by atoms with Crippen molar-refractivity contribution in [2.45, 2.75) is 44.4 Å². The second kappa shape index (κ2) is 12.2. The van der Waals surface area contributed by atoms with Crippen molar-refractivity contribution in [2.75, 3.05) is 11.9 Å². The average molecular weight is 565 g/mol. The average Bonchev–Trinajstić information content (AvgIpc) is 2.87. The van der Waals surface area contributed by atoms with Crippen molar-refractivity contribution in [1.29, 1.82) is 0 Å². The van der Waals surface area contributed by atoms with Gasteiger partial charge in [-0.1, -0.05) is 18.2 Å². The zero-order valence-corrected chi connectivity index (χ0v) is 22.2. The summed E-state index contributed by atoms with van der Waals surface area (Å²) in [7, 11) is -4.55. The minimum Gasteiger partial charge on any atom is -0.462 e. The van der Waals surface area contributed by atoms with Crippen molar-refractivity contribution in [3.05, 3.63) is 89.5 Å². The number of ether oxygens (including phenoxy) is 1. The molecule has 0 radical (unpaired) electrons. The highest BCUT2D eigenvalue weighted by Crippen LogP contribution is 2.31. The Bertz CT molecular complexity index is 1420. The van der Waals surface area contributed by atoms with Crippen LogP contribution in [0.25, 0.3) is 0 Å². The molecule has 0 spiro atoms. The van der Waals surface area contributed by atoms with Gasteiger partial charge in [-0.3, -0.25) is 0 Å². The molecule has 0 unspecified atom stereocenters. The number of amides is 2. The maximum absolute atomic E-state index is 13.0. The Morgan fingerprint density at radius 3 is 2.26 bits per heavy atom. The Kier molecular flexibility index (Phi) is 9.23. The SMILES string of the molecule is CCOC(=O)c1ccc(NC(=O)N(Cc2cccc(OS(=O)(=O)c3cccc(C(F)(F)F)c3)c2)C(C)C)cc1. The number of anilines is 1. The van der Waals surface area contributed by atoms with Gasteiger partial charge in [0.1, 0.15) is 10.6 Å². The summed E-state index contributed by atoms with van der Waals surface area (Å²) in [4.78, 5) is 25.7. The molecule has 0 aliphatic heterocycles. The number of rotatable bonds is 9. The minimum absolute atomic E-state index is 0.0746. The van der Waals surface area contributed by atoms with Crippen LogP contribution in [0.5, 0.6) is 5.75 Å². The van der Waals surface area contributed by atoms with E-state index in [0.29, 0.717) is 22.9 Å². The maximum Gasteiger partial charge on any atom is 0.416 e. The van der Waals surface area contributed by atoms with Crippen molar-refractivity contribution in [2.24, 2.45) is 0 Å². The second-order valence-electron chi connectivity index (χ2n) is 8.66. The number of halogens is 3. The zero-order valence-electron chi connectivity index (χ0n) is 21.4. The highest BCUT2D eigenvalue weighted by Gasteiger charge is 2.32. The van der Waals surface area contributed by atoms with Gasteiger partial charge in [-0.25, -0.2) is 9.59 Å². The van der Waals surface area contributed by atoms with Crippen molar-refractivity contribution in [3.63, 3.8) is 0 Å². The van der Waals surface area contributed by atoms with Crippen LogP contribution in [0.4, 0.5) is 23.7 Å². The summed E-state index contributed by atoms with van der Waals surface area (Å²) < 4.78 is 74.4. The van der Waals surface area contributed by atoms with Gasteiger partial charge in [-0.05, 0) is 80.9 Å². The predicted molar refractivity (Wildman–Crippen MR) is 138 cm³/mol. The first kappa shape index (κ1) is 29.5. The second-order valence-corrected chi connectivity index (χ2v) is 10.2. The number of urea groups is 1. The molecule has 0 aromatic heterocycles. The topological polar surface area (TPSA) is 102 Å². The molecule has 1 N–H and O–H groups in total. The molecule has 3 aromatic rings. The molecule has 0 atom stereocenters. The Hall–Kier alpha value is -4.06. The van der Waals surface area contributed by atoms with Crippen molar-refractivity contribution in [3.8, 4) is 5.75 Å². The smallest absolute Gasteiger partial charge is 0.416 e. The van der Waals surface area contributed by atoms with Gasteiger partial charge < -0.3 is 19.1 Å². The fraction of sp³-hybridized carbons (Fsp3) is 0.259. The summed E-state index contributed by atoms with van der Waals surface area (Å²) >= 11 is 0. The number of hydrogen-bond donors (Lipinski definition) is 1. The molecule has 0 aliphatic carbocycles. The van der Waals surface area contributed by atoms with E-state index in [4.69, 9.17) is 8.92 Å². The third-order valence-electron chi connectivity index (χ3n) is 5.44. The zero-order chi connectivity index (χ0) is 28.8. The lowest BCUT2D eigenvalue weighted by atomic mass is 10.2. The summed E-state index contributed by atoms with van der Waals surface area (Å²) in [6.45, 7) is 5.60. The van der Waals surface area contributed by atoms with Crippen LogP contribution in [0, 0.1) is 0 Å². The van der Waals surface area contributed by atoms with E-state index in [1.165, 1.54) is 35.2 Å². The molecule has 0 fully saturated rings. The summed E-state index contributed by atoms with van der Waals surface area (Å²) in [5.41, 5.74) is 0.193. The molecule has 208 valence electrons. The molecule has 3 rings (SSSR count).